The van der Waals surface area contributed by atoms with Crippen LogP contribution in [0.4, 0.5) is 0 Å². The average Bonchev–Trinajstić information content (AvgIpc) is 2.47. The molecule has 0 radical (unpaired) electrons. The van der Waals surface area contributed by atoms with Crippen molar-refractivity contribution in [2.24, 2.45) is 0 Å². The van der Waals surface area contributed by atoms with Gasteiger partial charge in [-0.3, -0.25) is 0 Å². The standard InChI is InChI=1S/C16H17Cl2NO2/c1-2-20-9-8-12-10-14(17)7-6-13(12)11-21-16-5-3-4-15(18)19-16/h3-7,10H,2,8-9,11H2,1H3. The van der Waals surface area contributed by atoms with E-state index in [1.807, 2.05) is 31.2 Å². The molecule has 2 aromatic rings. The van der Waals surface area contributed by atoms with Crippen molar-refractivity contribution < 1.29 is 9.47 Å². The Morgan fingerprint density at radius 2 is 1.95 bits per heavy atom. The third-order valence-electron chi connectivity index (χ3n) is 2.95. The lowest BCUT2D eigenvalue weighted by Gasteiger charge is -2.11. The SMILES string of the molecule is CCOCCc1cc(Cl)ccc1COc1cccc(Cl)n1. The molecule has 112 valence electrons. The van der Waals surface area contributed by atoms with Crippen molar-refractivity contribution in [1.82, 2.24) is 4.98 Å². The molecule has 0 saturated carbocycles. The first kappa shape index (κ1) is 16.1. The van der Waals surface area contributed by atoms with Crippen molar-refractivity contribution in [3.8, 4) is 5.88 Å². The predicted octanol–water partition coefficient (Wildman–Crippen LogP) is 4.55. The molecule has 0 saturated heterocycles. The summed E-state index contributed by atoms with van der Waals surface area (Å²) in [6, 6.07) is 11.1. The van der Waals surface area contributed by atoms with Crippen LogP contribution in [0, 0.1) is 0 Å². The zero-order valence-electron chi connectivity index (χ0n) is 11.8. The molecule has 21 heavy (non-hydrogen) atoms. The fourth-order valence-electron chi connectivity index (χ4n) is 1.92. The highest BCUT2D eigenvalue weighted by Crippen LogP contribution is 2.19. The minimum absolute atomic E-state index is 0.417. The van der Waals surface area contributed by atoms with Crippen LogP contribution in [0.5, 0.6) is 5.88 Å². The Labute approximate surface area is 134 Å². The summed E-state index contributed by atoms with van der Waals surface area (Å²) in [6.45, 7) is 3.77. The van der Waals surface area contributed by atoms with Crippen LogP contribution < -0.4 is 4.74 Å². The van der Waals surface area contributed by atoms with E-state index in [1.54, 1.807) is 12.1 Å². The van der Waals surface area contributed by atoms with Crippen LogP contribution in [0.3, 0.4) is 0 Å². The maximum absolute atomic E-state index is 6.06. The fraction of sp³-hybridized carbons (Fsp3) is 0.312. The Balaban J connectivity index is 2.04. The lowest BCUT2D eigenvalue weighted by atomic mass is 10.1. The highest BCUT2D eigenvalue weighted by atomic mass is 35.5. The van der Waals surface area contributed by atoms with Crippen molar-refractivity contribution in [3.05, 3.63) is 57.7 Å². The van der Waals surface area contributed by atoms with Gasteiger partial charge in [-0.1, -0.05) is 35.3 Å². The summed E-state index contributed by atoms with van der Waals surface area (Å²) < 4.78 is 11.1. The maximum Gasteiger partial charge on any atom is 0.214 e. The molecule has 0 spiro atoms. The zero-order valence-corrected chi connectivity index (χ0v) is 13.3. The van der Waals surface area contributed by atoms with Crippen LogP contribution in [-0.4, -0.2) is 18.2 Å². The quantitative estimate of drug-likeness (QED) is 0.553. The second-order valence-electron chi connectivity index (χ2n) is 4.45. The maximum atomic E-state index is 6.06. The molecule has 1 heterocycles. The van der Waals surface area contributed by atoms with Crippen LogP contribution >= 0.6 is 23.2 Å². The largest absolute Gasteiger partial charge is 0.473 e. The number of rotatable bonds is 7. The van der Waals surface area contributed by atoms with Crippen LogP contribution in [0.15, 0.2) is 36.4 Å². The molecule has 0 fully saturated rings. The molecule has 0 aliphatic rings. The van der Waals surface area contributed by atoms with E-state index in [0.29, 0.717) is 35.9 Å². The summed E-state index contributed by atoms with van der Waals surface area (Å²) >= 11 is 11.9. The average molecular weight is 326 g/mol. The number of halogens is 2. The summed E-state index contributed by atoms with van der Waals surface area (Å²) in [5.41, 5.74) is 2.19. The van der Waals surface area contributed by atoms with Crippen LogP contribution in [0.2, 0.25) is 10.2 Å². The Hall–Kier alpha value is -1.29. The smallest absolute Gasteiger partial charge is 0.214 e. The fourth-order valence-corrected chi connectivity index (χ4v) is 2.27. The molecule has 0 unspecified atom stereocenters. The van der Waals surface area contributed by atoms with Crippen LogP contribution in [-0.2, 0) is 17.8 Å². The van der Waals surface area contributed by atoms with Gasteiger partial charge in [0.2, 0.25) is 5.88 Å². The van der Waals surface area contributed by atoms with Gasteiger partial charge in [-0.2, -0.15) is 0 Å². The van der Waals surface area contributed by atoms with E-state index in [1.165, 1.54) is 0 Å². The van der Waals surface area contributed by atoms with E-state index in [0.717, 1.165) is 17.5 Å². The molecule has 5 heteroatoms. The van der Waals surface area contributed by atoms with Crippen molar-refractivity contribution in [2.45, 2.75) is 20.0 Å². The van der Waals surface area contributed by atoms with Crippen molar-refractivity contribution >= 4 is 23.2 Å². The zero-order chi connectivity index (χ0) is 15.1. The van der Waals surface area contributed by atoms with Gasteiger partial charge in [0.1, 0.15) is 11.8 Å². The normalized spacial score (nSPS) is 10.6. The molecule has 0 atom stereocenters. The van der Waals surface area contributed by atoms with Crippen LogP contribution in [0.1, 0.15) is 18.1 Å². The highest BCUT2D eigenvalue weighted by Gasteiger charge is 2.06. The highest BCUT2D eigenvalue weighted by molar-refractivity contribution is 6.30. The van der Waals surface area contributed by atoms with Gasteiger partial charge in [-0.25, -0.2) is 4.98 Å². The van der Waals surface area contributed by atoms with Gasteiger partial charge in [0.25, 0.3) is 0 Å². The molecule has 0 amide bonds. The molecule has 3 nitrogen and oxygen atoms in total. The summed E-state index contributed by atoms with van der Waals surface area (Å²) in [7, 11) is 0. The second-order valence-corrected chi connectivity index (χ2v) is 5.27. The summed E-state index contributed by atoms with van der Waals surface area (Å²) in [6.07, 6.45) is 0.802. The van der Waals surface area contributed by atoms with Crippen LogP contribution in [0.25, 0.3) is 0 Å². The van der Waals surface area contributed by atoms with Gasteiger partial charge in [0.15, 0.2) is 0 Å². The molecule has 2 rings (SSSR count). The van der Waals surface area contributed by atoms with E-state index in [9.17, 15) is 0 Å². The van der Waals surface area contributed by atoms with E-state index in [-0.39, 0.29) is 0 Å². The minimum atomic E-state index is 0.417. The van der Waals surface area contributed by atoms with E-state index < -0.39 is 0 Å². The molecule has 0 aliphatic heterocycles. The van der Waals surface area contributed by atoms with Gasteiger partial charge in [-0.15, -0.1) is 0 Å². The van der Waals surface area contributed by atoms with Crippen molar-refractivity contribution in [1.29, 1.82) is 0 Å². The minimum Gasteiger partial charge on any atom is -0.473 e. The molecule has 1 aromatic heterocycles. The molecular weight excluding hydrogens is 309 g/mol. The number of nitrogens with zero attached hydrogens (tertiary/aromatic N) is 1. The van der Waals surface area contributed by atoms with Crippen molar-refractivity contribution in [3.63, 3.8) is 0 Å². The Morgan fingerprint density at radius 1 is 1.10 bits per heavy atom. The summed E-state index contributed by atoms with van der Waals surface area (Å²) in [4.78, 5) is 4.10. The van der Waals surface area contributed by atoms with Gasteiger partial charge >= 0.3 is 0 Å². The van der Waals surface area contributed by atoms with Crippen molar-refractivity contribution in [2.75, 3.05) is 13.2 Å². The molecular formula is C16H17Cl2NO2. The lowest BCUT2D eigenvalue weighted by Crippen LogP contribution is -2.05. The lowest BCUT2D eigenvalue weighted by molar-refractivity contribution is 0.150. The monoisotopic (exact) mass is 325 g/mol. The van der Waals surface area contributed by atoms with Gasteiger partial charge in [0, 0.05) is 17.7 Å². The van der Waals surface area contributed by atoms with Gasteiger partial charge in [-0.05, 0) is 42.7 Å². The second kappa shape index (κ2) is 8.23. The summed E-state index contributed by atoms with van der Waals surface area (Å²) in [5, 5.41) is 1.13. The van der Waals surface area contributed by atoms with E-state index >= 15 is 0 Å². The number of pyridine rings is 1. The topological polar surface area (TPSA) is 31.4 Å². The third kappa shape index (κ3) is 5.20. The van der Waals surface area contributed by atoms with Gasteiger partial charge < -0.3 is 9.47 Å². The molecule has 1 aromatic carbocycles. The summed E-state index contributed by atoms with van der Waals surface area (Å²) in [5.74, 6) is 0.508. The van der Waals surface area contributed by atoms with E-state index in [2.05, 4.69) is 4.98 Å². The van der Waals surface area contributed by atoms with E-state index in [4.69, 9.17) is 32.7 Å². The van der Waals surface area contributed by atoms with Gasteiger partial charge in [0.05, 0.1) is 6.61 Å². The first-order valence-electron chi connectivity index (χ1n) is 6.79. The molecule has 0 bridgehead atoms. The Morgan fingerprint density at radius 3 is 2.71 bits per heavy atom. The third-order valence-corrected chi connectivity index (χ3v) is 3.40. The Kier molecular flexibility index (Phi) is 6.30. The number of benzene rings is 1. The molecule has 0 aliphatic carbocycles. The number of hydrogen-bond acceptors (Lipinski definition) is 3. The number of ether oxygens (including phenoxy) is 2. The number of hydrogen-bond donors (Lipinski definition) is 0. The first-order chi connectivity index (χ1) is 10.2. The number of aromatic nitrogens is 1. The predicted molar refractivity (Wildman–Crippen MR) is 85.2 cm³/mol. The first-order valence-corrected chi connectivity index (χ1v) is 7.55. The molecule has 0 N–H and O–H groups in total. The Bertz CT molecular complexity index is 590.